The Hall–Kier alpha value is -1.05. The maximum absolute atomic E-state index is 4.07. The van der Waals surface area contributed by atoms with Crippen LogP contribution < -0.4 is 5.32 Å². The van der Waals surface area contributed by atoms with E-state index in [1.54, 1.807) is 0 Å². The summed E-state index contributed by atoms with van der Waals surface area (Å²) in [4.78, 5) is 4.07. The summed E-state index contributed by atoms with van der Waals surface area (Å²) in [5, 5.41) is 3.35. The Balaban J connectivity index is 2.40. The van der Waals surface area contributed by atoms with Gasteiger partial charge >= 0.3 is 0 Å². The molecule has 0 fully saturated rings. The third-order valence-electron chi connectivity index (χ3n) is 2.03. The number of nitrogens with one attached hydrogen (secondary N) is 1. The fourth-order valence-electron chi connectivity index (χ4n) is 1.52. The number of allylic oxidation sites excluding steroid dienone is 1. The molecule has 1 unspecified atom stereocenters. The molecule has 1 atom stereocenters. The minimum Gasteiger partial charge on any atom is -0.380 e. The van der Waals surface area contributed by atoms with Gasteiger partial charge < -0.3 is 5.32 Å². The fourth-order valence-corrected chi connectivity index (χ4v) is 1.52. The van der Waals surface area contributed by atoms with E-state index >= 15 is 0 Å². The lowest BCUT2D eigenvalue weighted by atomic mass is 9.97. The van der Waals surface area contributed by atoms with Gasteiger partial charge in [0.05, 0.1) is 11.9 Å². The van der Waals surface area contributed by atoms with Gasteiger partial charge in [0.15, 0.2) is 0 Å². The molecular formula is C9H11N2. The number of fused-ring (bicyclic) bond motifs is 1. The van der Waals surface area contributed by atoms with Gasteiger partial charge in [-0.1, -0.05) is 5.57 Å². The van der Waals surface area contributed by atoms with Crippen molar-refractivity contribution in [3.63, 3.8) is 0 Å². The van der Waals surface area contributed by atoms with Gasteiger partial charge in [0.25, 0.3) is 0 Å². The molecule has 2 heterocycles. The van der Waals surface area contributed by atoms with Gasteiger partial charge in [-0.2, -0.15) is 0 Å². The monoisotopic (exact) mass is 147 g/mol. The van der Waals surface area contributed by atoms with E-state index in [-0.39, 0.29) is 0 Å². The lowest BCUT2D eigenvalue weighted by Crippen LogP contribution is -2.30. The highest BCUT2D eigenvalue weighted by Crippen LogP contribution is 2.24. The zero-order valence-corrected chi connectivity index (χ0v) is 6.59. The largest absolute Gasteiger partial charge is 0.380 e. The molecule has 2 aliphatic rings. The number of hydrogen-bond donors (Lipinski definition) is 1. The minimum atomic E-state index is 0.499. The molecule has 0 aromatic heterocycles. The van der Waals surface area contributed by atoms with Crippen molar-refractivity contribution in [1.82, 2.24) is 5.32 Å². The van der Waals surface area contributed by atoms with E-state index in [4.69, 9.17) is 0 Å². The maximum Gasteiger partial charge on any atom is 0.0617 e. The van der Waals surface area contributed by atoms with E-state index in [0.29, 0.717) is 6.04 Å². The van der Waals surface area contributed by atoms with Crippen LogP contribution in [0.3, 0.4) is 0 Å². The number of rotatable bonds is 0. The second kappa shape index (κ2) is 2.22. The first-order valence-corrected chi connectivity index (χ1v) is 3.83. The molecule has 2 aliphatic heterocycles. The summed E-state index contributed by atoms with van der Waals surface area (Å²) in [5.74, 6) is 0. The molecule has 1 N–H and O–H groups in total. The minimum absolute atomic E-state index is 0.499. The molecule has 0 aromatic rings. The van der Waals surface area contributed by atoms with Crippen LogP contribution in [-0.2, 0) is 0 Å². The van der Waals surface area contributed by atoms with Gasteiger partial charge in [0.1, 0.15) is 0 Å². The Labute approximate surface area is 66.7 Å². The average Bonchev–Trinajstić information content (AvgIpc) is 2.34. The number of nitrogens with zero attached hydrogens (tertiary/aromatic N) is 1. The quantitative estimate of drug-likeness (QED) is 0.550. The fraction of sp³-hybridized carbons (Fsp3) is 0.333. The molecule has 0 aromatic carbocycles. The molecule has 0 aliphatic carbocycles. The van der Waals surface area contributed by atoms with Crippen molar-refractivity contribution in [1.29, 1.82) is 0 Å². The first kappa shape index (κ1) is 6.65. The molecule has 0 spiro atoms. The predicted octanol–water partition coefficient (Wildman–Crippen LogP) is 1.42. The van der Waals surface area contributed by atoms with Gasteiger partial charge in [-0.3, -0.25) is 4.99 Å². The third-order valence-corrected chi connectivity index (χ3v) is 2.03. The zero-order valence-electron chi connectivity index (χ0n) is 6.59. The molecule has 1 radical (unpaired) electrons. The van der Waals surface area contributed by atoms with E-state index in [1.807, 2.05) is 12.4 Å². The second-order valence-electron chi connectivity index (χ2n) is 3.09. The molecule has 11 heavy (non-hydrogen) atoms. The van der Waals surface area contributed by atoms with Crippen molar-refractivity contribution in [2.24, 2.45) is 4.99 Å². The highest BCUT2D eigenvalue weighted by atomic mass is 15.0. The van der Waals surface area contributed by atoms with Crippen LogP contribution in [0.2, 0.25) is 0 Å². The Morgan fingerprint density at radius 1 is 1.73 bits per heavy atom. The summed E-state index contributed by atoms with van der Waals surface area (Å²) in [7, 11) is 0. The topological polar surface area (TPSA) is 24.4 Å². The number of hydrogen-bond acceptors (Lipinski definition) is 2. The third kappa shape index (κ3) is 0.985. The Morgan fingerprint density at radius 2 is 2.55 bits per heavy atom. The van der Waals surface area contributed by atoms with Crippen LogP contribution in [0.5, 0.6) is 0 Å². The first-order chi connectivity index (χ1) is 5.27. The van der Waals surface area contributed by atoms with E-state index in [9.17, 15) is 0 Å². The molecule has 2 rings (SSSR count). The summed E-state index contributed by atoms with van der Waals surface area (Å²) in [6.45, 7) is 6.15. The second-order valence-corrected chi connectivity index (χ2v) is 3.09. The summed E-state index contributed by atoms with van der Waals surface area (Å²) in [6, 6.07) is 0.499. The normalized spacial score (nSPS) is 28.2. The van der Waals surface area contributed by atoms with Gasteiger partial charge in [0.2, 0.25) is 0 Å². The summed E-state index contributed by atoms with van der Waals surface area (Å²) in [6.07, 6.45) is 4.76. The van der Waals surface area contributed by atoms with E-state index in [1.165, 1.54) is 11.1 Å². The van der Waals surface area contributed by atoms with Crippen LogP contribution in [0.15, 0.2) is 28.0 Å². The van der Waals surface area contributed by atoms with Crippen molar-refractivity contribution in [2.75, 3.05) is 0 Å². The molecule has 0 saturated heterocycles. The van der Waals surface area contributed by atoms with Crippen LogP contribution in [0.25, 0.3) is 0 Å². The SMILES string of the molecule is [CH2]C1=C2C=NC=C2NC(C)C1. The summed E-state index contributed by atoms with van der Waals surface area (Å²) < 4.78 is 0. The van der Waals surface area contributed by atoms with Gasteiger partial charge in [-0.15, -0.1) is 0 Å². The van der Waals surface area contributed by atoms with E-state index < -0.39 is 0 Å². The Morgan fingerprint density at radius 3 is 3.36 bits per heavy atom. The first-order valence-electron chi connectivity index (χ1n) is 3.83. The highest BCUT2D eigenvalue weighted by molar-refractivity contribution is 5.89. The summed E-state index contributed by atoms with van der Waals surface area (Å²) >= 11 is 0. The standard InChI is InChI=1S/C9H11N2/c1-6-3-7(2)11-9-5-10-4-8(6)9/h4-5,7,11H,1,3H2,2H3. The van der Waals surface area contributed by atoms with Crippen molar-refractivity contribution in [2.45, 2.75) is 19.4 Å². The zero-order chi connectivity index (χ0) is 7.84. The van der Waals surface area contributed by atoms with Gasteiger partial charge in [-0.25, -0.2) is 0 Å². The molecule has 0 bridgehead atoms. The van der Waals surface area contributed by atoms with Gasteiger partial charge in [0, 0.05) is 17.8 Å². The van der Waals surface area contributed by atoms with Crippen LogP contribution >= 0.6 is 0 Å². The van der Waals surface area contributed by atoms with E-state index in [2.05, 4.69) is 24.2 Å². The summed E-state index contributed by atoms with van der Waals surface area (Å²) in [5.41, 5.74) is 3.51. The Kier molecular flexibility index (Phi) is 1.34. The number of aliphatic imine (C=N–C) groups is 1. The molecule has 2 heteroatoms. The Bertz CT molecular complexity index is 271. The smallest absolute Gasteiger partial charge is 0.0617 e. The highest BCUT2D eigenvalue weighted by Gasteiger charge is 2.19. The average molecular weight is 147 g/mol. The van der Waals surface area contributed by atoms with Crippen molar-refractivity contribution < 1.29 is 0 Å². The van der Waals surface area contributed by atoms with Crippen molar-refractivity contribution in [3.8, 4) is 0 Å². The lowest BCUT2D eigenvalue weighted by Gasteiger charge is -2.23. The molecule has 2 nitrogen and oxygen atoms in total. The lowest BCUT2D eigenvalue weighted by molar-refractivity contribution is 0.598. The molecule has 57 valence electrons. The van der Waals surface area contributed by atoms with Crippen LogP contribution in [0.1, 0.15) is 13.3 Å². The van der Waals surface area contributed by atoms with E-state index in [0.717, 1.165) is 12.1 Å². The van der Waals surface area contributed by atoms with Crippen LogP contribution in [0.4, 0.5) is 0 Å². The molecular weight excluding hydrogens is 136 g/mol. The van der Waals surface area contributed by atoms with Gasteiger partial charge in [-0.05, 0) is 20.3 Å². The van der Waals surface area contributed by atoms with Crippen LogP contribution in [0, 0.1) is 6.92 Å². The predicted molar refractivity (Wildman–Crippen MR) is 46.2 cm³/mol. The maximum atomic E-state index is 4.07. The van der Waals surface area contributed by atoms with Crippen LogP contribution in [-0.4, -0.2) is 12.3 Å². The van der Waals surface area contributed by atoms with Crippen molar-refractivity contribution >= 4 is 6.21 Å². The molecule has 0 amide bonds. The van der Waals surface area contributed by atoms with Crippen molar-refractivity contribution in [3.05, 3.63) is 30.0 Å². The molecule has 0 saturated carbocycles.